The van der Waals surface area contributed by atoms with Crippen molar-refractivity contribution in [2.24, 2.45) is 0 Å². The van der Waals surface area contributed by atoms with Gasteiger partial charge in [-0.2, -0.15) is 0 Å². The fourth-order valence-electron chi connectivity index (χ4n) is 5.39. The first kappa shape index (κ1) is 32.8. The molecule has 0 spiro atoms. The molecule has 0 radical (unpaired) electrons. The van der Waals surface area contributed by atoms with Crippen LogP contribution in [0, 0.1) is 6.92 Å². The van der Waals surface area contributed by atoms with E-state index in [1.54, 1.807) is 61.5 Å². The van der Waals surface area contributed by atoms with Crippen molar-refractivity contribution in [3.63, 3.8) is 0 Å². The number of rotatable bonds is 11. The fourth-order valence-corrected chi connectivity index (χ4v) is 7.16. The lowest BCUT2D eigenvalue weighted by atomic mass is 9.95. The highest BCUT2D eigenvalue weighted by Crippen LogP contribution is 2.29. The molecule has 1 N–H and O–H groups in total. The van der Waals surface area contributed by atoms with Crippen LogP contribution in [0.5, 0.6) is 0 Å². The highest BCUT2D eigenvalue weighted by molar-refractivity contribution is 7.92. The van der Waals surface area contributed by atoms with Crippen LogP contribution in [0.4, 0.5) is 5.69 Å². The Kier molecular flexibility index (Phi) is 11.2. The minimum atomic E-state index is -4.14. The number of hydrogen-bond donors (Lipinski definition) is 1. The number of aryl methyl sites for hydroxylation is 2. The largest absolute Gasteiger partial charge is 0.352 e. The third-order valence-corrected chi connectivity index (χ3v) is 10.5. The molecule has 1 aliphatic carbocycles. The Hall–Kier alpha value is -3.07. The zero-order valence-corrected chi connectivity index (χ0v) is 27.2. The summed E-state index contributed by atoms with van der Waals surface area (Å²) in [5.74, 6) is -0.791. The lowest BCUT2D eigenvalue weighted by molar-refractivity contribution is -0.139. The third-order valence-electron chi connectivity index (χ3n) is 7.98. The van der Waals surface area contributed by atoms with Crippen LogP contribution in [0.3, 0.4) is 0 Å². The summed E-state index contributed by atoms with van der Waals surface area (Å²) in [7, 11) is -4.14. The molecular weight excluding hydrogens is 605 g/mol. The normalized spacial score (nSPS) is 14.6. The number of carbonyl (C=O) groups excluding carboxylic acids is 2. The molecule has 1 fully saturated rings. The molecule has 0 aromatic heterocycles. The summed E-state index contributed by atoms with van der Waals surface area (Å²) in [6.45, 7) is 5.04. The van der Waals surface area contributed by atoms with Gasteiger partial charge in [0.15, 0.2) is 0 Å². The van der Waals surface area contributed by atoms with Gasteiger partial charge in [0.1, 0.15) is 12.6 Å². The monoisotopic (exact) mass is 643 g/mol. The number of para-hydroxylation sites is 1. The van der Waals surface area contributed by atoms with Crippen molar-refractivity contribution in [2.45, 2.75) is 82.8 Å². The van der Waals surface area contributed by atoms with Crippen molar-refractivity contribution in [1.29, 1.82) is 0 Å². The zero-order chi connectivity index (χ0) is 31.1. The predicted molar refractivity (Wildman–Crippen MR) is 173 cm³/mol. The van der Waals surface area contributed by atoms with Gasteiger partial charge in [0, 0.05) is 12.6 Å². The maximum atomic E-state index is 14.2. The molecule has 3 aromatic rings. The molecule has 1 saturated carbocycles. The second kappa shape index (κ2) is 14.6. The van der Waals surface area contributed by atoms with Gasteiger partial charge in [-0.3, -0.25) is 13.9 Å². The number of amides is 2. The van der Waals surface area contributed by atoms with E-state index < -0.39 is 28.5 Å². The quantitative estimate of drug-likeness (QED) is 0.246. The van der Waals surface area contributed by atoms with E-state index in [4.69, 9.17) is 23.2 Å². The van der Waals surface area contributed by atoms with Crippen molar-refractivity contribution in [2.75, 3.05) is 10.8 Å². The van der Waals surface area contributed by atoms with E-state index in [0.29, 0.717) is 27.7 Å². The number of nitrogens with zero attached hydrogens (tertiary/aromatic N) is 2. The van der Waals surface area contributed by atoms with Gasteiger partial charge in [-0.05, 0) is 74.6 Å². The summed E-state index contributed by atoms with van der Waals surface area (Å²) in [6, 6.07) is 17.9. The van der Waals surface area contributed by atoms with Crippen LogP contribution in [-0.2, 0) is 32.6 Å². The lowest BCUT2D eigenvalue weighted by Gasteiger charge is -2.33. The molecule has 7 nitrogen and oxygen atoms in total. The van der Waals surface area contributed by atoms with Crippen molar-refractivity contribution >= 4 is 50.7 Å². The van der Waals surface area contributed by atoms with Gasteiger partial charge in [-0.25, -0.2) is 8.42 Å². The second-order valence-corrected chi connectivity index (χ2v) is 13.8. The molecule has 0 aliphatic heterocycles. The number of benzene rings is 3. The van der Waals surface area contributed by atoms with E-state index in [1.807, 2.05) is 26.0 Å². The molecule has 0 saturated heterocycles. The van der Waals surface area contributed by atoms with Gasteiger partial charge in [0.2, 0.25) is 11.8 Å². The first-order valence-corrected chi connectivity index (χ1v) is 16.9. The van der Waals surface area contributed by atoms with Gasteiger partial charge in [0.05, 0.1) is 20.6 Å². The van der Waals surface area contributed by atoms with E-state index in [9.17, 15) is 18.0 Å². The number of nitrogens with one attached hydrogen (secondary N) is 1. The van der Waals surface area contributed by atoms with Crippen LogP contribution in [0.1, 0.15) is 62.6 Å². The van der Waals surface area contributed by atoms with Gasteiger partial charge in [-0.1, -0.05) is 91.3 Å². The van der Waals surface area contributed by atoms with E-state index in [1.165, 1.54) is 4.90 Å². The molecule has 43 heavy (non-hydrogen) atoms. The van der Waals surface area contributed by atoms with Crippen molar-refractivity contribution in [1.82, 2.24) is 10.2 Å². The molecule has 1 atom stereocenters. The van der Waals surface area contributed by atoms with E-state index in [-0.39, 0.29) is 23.4 Å². The Bertz CT molecular complexity index is 1540. The molecule has 230 valence electrons. The third kappa shape index (κ3) is 8.11. The highest BCUT2D eigenvalue weighted by atomic mass is 35.5. The maximum absolute atomic E-state index is 14.2. The number of carbonyl (C=O) groups is 2. The summed E-state index contributed by atoms with van der Waals surface area (Å²) >= 11 is 12.4. The van der Waals surface area contributed by atoms with E-state index in [0.717, 1.165) is 47.5 Å². The molecule has 2 amide bonds. The summed E-state index contributed by atoms with van der Waals surface area (Å²) in [6.07, 6.45) is 5.61. The summed E-state index contributed by atoms with van der Waals surface area (Å²) < 4.78 is 29.4. The molecule has 3 aromatic carbocycles. The van der Waals surface area contributed by atoms with Crippen LogP contribution < -0.4 is 9.62 Å². The molecule has 4 rings (SSSR count). The van der Waals surface area contributed by atoms with Gasteiger partial charge in [-0.15, -0.1) is 0 Å². The van der Waals surface area contributed by atoms with Crippen LogP contribution in [0.2, 0.25) is 10.0 Å². The average Bonchev–Trinajstić information content (AvgIpc) is 3.00. The van der Waals surface area contributed by atoms with E-state index in [2.05, 4.69) is 5.32 Å². The number of anilines is 1. The van der Waals surface area contributed by atoms with Gasteiger partial charge < -0.3 is 10.2 Å². The molecule has 0 bridgehead atoms. The molecule has 1 aliphatic rings. The van der Waals surface area contributed by atoms with Crippen molar-refractivity contribution in [3.05, 3.63) is 93.5 Å². The summed E-state index contributed by atoms with van der Waals surface area (Å²) in [4.78, 5) is 29.2. The van der Waals surface area contributed by atoms with Crippen LogP contribution in [-0.4, -0.2) is 43.8 Å². The van der Waals surface area contributed by atoms with Crippen molar-refractivity contribution < 1.29 is 18.0 Å². The molecule has 10 heteroatoms. The zero-order valence-electron chi connectivity index (χ0n) is 24.9. The van der Waals surface area contributed by atoms with Gasteiger partial charge >= 0.3 is 0 Å². The van der Waals surface area contributed by atoms with Crippen LogP contribution in [0.15, 0.2) is 71.6 Å². The van der Waals surface area contributed by atoms with Crippen molar-refractivity contribution in [3.8, 4) is 0 Å². The van der Waals surface area contributed by atoms with Gasteiger partial charge in [0.25, 0.3) is 10.0 Å². The summed E-state index contributed by atoms with van der Waals surface area (Å²) in [5.41, 5.74) is 2.79. The first-order chi connectivity index (χ1) is 20.5. The van der Waals surface area contributed by atoms with Crippen LogP contribution in [0.25, 0.3) is 0 Å². The molecular formula is C33H39Cl2N3O4S. The Balaban J connectivity index is 1.71. The predicted octanol–water partition coefficient (Wildman–Crippen LogP) is 6.93. The molecule has 0 heterocycles. The maximum Gasteiger partial charge on any atom is 0.264 e. The second-order valence-electron chi connectivity index (χ2n) is 11.1. The Morgan fingerprint density at radius 3 is 2.28 bits per heavy atom. The number of halogens is 2. The standard InChI is InChI=1S/C33H39Cl2N3O4S/c1-4-26-10-8-9-13-31(26)38(43(41,42)28-17-14-23(2)15-18-28)22-32(39)37(21-25-16-19-29(34)30(35)20-25)24(3)33(40)36-27-11-6-5-7-12-27/h8-10,13-20,24,27H,4-7,11-12,21-22H2,1-3H3,(H,36,40)/t24-/m0/s1. The Labute approximate surface area is 265 Å². The van der Waals surface area contributed by atoms with Crippen LogP contribution >= 0.6 is 23.2 Å². The van der Waals surface area contributed by atoms with E-state index >= 15 is 0 Å². The Morgan fingerprint density at radius 2 is 1.63 bits per heavy atom. The average molecular weight is 645 g/mol. The number of sulfonamides is 1. The highest BCUT2D eigenvalue weighted by Gasteiger charge is 2.34. The fraction of sp³-hybridized carbons (Fsp3) is 0.394. The summed E-state index contributed by atoms with van der Waals surface area (Å²) in [5, 5.41) is 3.81. The number of hydrogen-bond acceptors (Lipinski definition) is 4. The first-order valence-electron chi connectivity index (χ1n) is 14.7. The molecule has 0 unspecified atom stereocenters. The Morgan fingerprint density at radius 1 is 0.953 bits per heavy atom. The lowest BCUT2D eigenvalue weighted by Crippen LogP contribution is -2.53. The topological polar surface area (TPSA) is 86.8 Å². The minimum Gasteiger partial charge on any atom is -0.352 e. The minimum absolute atomic E-state index is 0.0445. The SMILES string of the molecule is CCc1ccccc1N(CC(=O)N(Cc1ccc(Cl)c(Cl)c1)[C@@H](C)C(=O)NC1CCCCC1)S(=O)(=O)c1ccc(C)cc1. The smallest absolute Gasteiger partial charge is 0.264 e.